The number of hydrogen-bond donors (Lipinski definition) is 0. The predicted molar refractivity (Wildman–Crippen MR) is 27.0 cm³/mol. The number of rotatable bonds is 0. The maximum absolute atomic E-state index is 7.75. The van der Waals surface area contributed by atoms with Crippen LogP contribution in [0.1, 0.15) is 0 Å². The summed E-state index contributed by atoms with van der Waals surface area (Å²) in [6, 6.07) is 0. The van der Waals surface area contributed by atoms with Crippen molar-refractivity contribution in [3.8, 4) is 0 Å². The minimum absolute atomic E-state index is 0. The van der Waals surface area contributed by atoms with E-state index in [9.17, 15) is 0 Å². The van der Waals surface area contributed by atoms with Gasteiger partial charge in [-0.2, -0.15) is 0 Å². The topological polar surface area (TPSA) is 68.3 Å². The van der Waals surface area contributed by atoms with E-state index in [1.807, 2.05) is 0 Å². The van der Waals surface area contributed by atoms with Crippen LogP contribution < -0.4 is 0 Å². The molecular weight excluding hydrogens is 171 g/mol. The molecule has 1 radical (unpaired) electrons. The Morgan fingerprint density at radius 1 is 0.444 bits per heavy atom. The fourth-order valence-corrected chi connectivity index (χ4v) is 0. The molecule has 0 amide bonds. The average Bonchev–Trinajstić information content (AvgIpc) is 2.03. The molecule has 4 nitrogen and oxygen atoms in total. The third-order valence-electron chi connectivity index (χ3n) is 0. The van der Waals surface area contributed by atoms with Crippen LogP contribution in [0.15, 0.2) is 0 Å². The summed E-state index contributed by atoms with van der Waals surface area (Å²) >= 11 is 0. The van der Waals surface area contributed by atoms with Crippen molar-refractivity contribution in [1.29, 1.82) is 0 Å². The van der Waals surface area contributed by atoms with Gasteiger partial charge in [-0.1, -0.05) is 0 Å². The Labute approximate surface area is 63.8 Å². The van der Waals surface area contributed by atoms with Gasteiger partial charge in [0.05, 0.1) is 0 Å². The third kappa shape index (κ3) is 292. The molecule has 0 aromatic heterocycles. The fraction of sp³-hybridized carbons (Fsp3) is 0. The van der Waals surface area contributed by atoms with Gasteiger partial charge in [-0.3, -0.25) is 27.2 Å². The molecule has 0 aliphatic rings. The van der Waals surface area contributed by atoms with Crippen LogP contribution >= 0.6 is 0 Å². The first-order chi connectivity index (χ1) is 4.00. The van der Waals surface area contributed by atoms with Crippen molar-refractivity contribution in [2.24, 2.45) is 0 Å². The van der Waals surface area contributed by atoms with Gasteiger partial charge in [-0.15, -0.1) is 0 Å². The minimum atomic E-state index is 0. The van der Waals surface area contributed by atoms with Gasteiger partial charge in [-0.25, -0.2) is 0 Å². The van der Waals surface area contributed by atoms with E-state index in [2.05, 4.69) is 27.2 Å². The van der Waals surface area contributed by atoms with Crippen LogP contribution in [0.2, 0.25) is 0 Å². The van der Waals surface area contributed by atoms with E-state index in [1.165, 1.54) is 0 Å². The van der Waals surface area contributed by atoms with E-state index in [0.717, 1.165) is 0 Å². The Balaban J connectivity index is -0.00000000762. The van der Waals surface area contributed by atoms with Gasteiger partial charge in [-0.05, 0) is 0 Å². The fourth-order valence-electron chi connectivity index (χ4n) is 0. The van der Waals surface area contributed by atoms with Gasteiger partial charge in [0, 0.05) is 16.8 Å². The quantitative estimate of drug-likeness (QED) is 0.346. The largest absolute Gasteiger partial charge is 0.545 e. The Hall–Kier alpha value is -0.814. The van der Waals surface area contributed by atoms with Crippen molar-refractivity contribution in [3.63, 3.8) is 0 Å². The van der Waals surface area contributed by atoms with Crippen molar-refractivity contribution in [2.75, 3.05) is 0 Å². The normalized spacial score (nSPS) is 1.78. The molecule has 0 aromatic carbocycles. The standard InChI is InChI=1S/4CHO.Co/c4*1-2;/h4*1H;/q4*-1;. The monoisotopic (exact) mass is 175 g/mol. The summed E-state index contributed by atoms with van der Waals surface area (Å²) in [6.45, 7) is 13.0. The van der Waals surface area contributed by atoms with Crippen molar-refractivity contribution >= 4 is 27.2 Å². The first kappa shape index (κ1) is 41.6. The molecule has 0 spiro atoms. The Bertz CT molecular complexity index is 20.5. The molecule has 0 rings (SSSR count). The van der Waals surface area contributed by atoms with Crippen LogP contribution in [0, 0.1) is 0 Å². The van der Waals surface area contributed by atoms with Gasteiger partial charge in [0.25, 0.3) is 0 Å². The Morgan fingerprint density at radius 2 is 0.444 bits per heavy atom. The zero-order chi connectivity index (χ0) is 8.00. The van der Waals surface area contributed by atoms with Crippen molar-refractivity contribution < 1.29 is 36.0 Å². The van der Waals surface area contributed by atoms with E-state index in [1.54, 1.807) is 0 Å². The molecule has 0 N–H and O–H groups in total. The van der Waals surface area contributed by atoms with Crippen molar-refractivity contribution in [2.45, 2.75) is 0 Å². The molecule has 0 aromatic rings. The summed E-state index contributed by atoms with van der Waals surface area (Å²) in [4.78, 5) is 31.0. The summed E-state index contributed by atoms with van der Waals surface area (Å²) in [5.41, 5.74) is 0. The molecule has 0 aliphatic heterocycles. The molecule has 0 fully saturated rings. The van der Waals surface area contributed by atoms with Crippen LogP contribution in [0.25, 0.3) is 0 Å². The van der Waals surface area contributed by atoms with Crippen LogP contribution in [-0.4, -0.2) is 27.2 Å². The van der Waals surface area contributed by atoms with E-state index in [4.69, 9.17) is 19.2 Å². The van der Waals surface area contributed by atoms with Crippen LogP contribution in [-0.2, 0) is 36.0 Å². The molecule has 0 atom stereocenters. The number of hydrogen-bond acceptors (Lipinski definition) is 4. The molecule has 9 heavy (non-hydrogen) atoms. The molecule has 0 bridgehead atoms. The second-order valence-electron chi connectivity index (χ2n) is 0. The molecule has 0 saturated heterocycles. The SMILES string of the molecule is [CH-]=O.[CH-]=O.[CH-]=O.[CH-]=O.[Co]. The Kier molecular flexibility index (Phi) is 1920. The molecule has 5 heteroatoms. The molecular formula is C4H4CoO4-4. The average molecular weight is 175 g/mol. The molecule has 0 aliphatic carbocycles. The molecule has 0 saturated carbocycles. The van der Waals surface area contributed by atoms with Crippen LogP contribution in [0.4, 0.5) is 0 Å². The van der Waals surface area contributed by atoms with Gasteiger partial charge in [0.1, 0.15) is 0 Å². The summed E-state index contributed by atoms with van der Waals surface area (Å²) in [5.74, 6) is 0. The van der Waals surface area contributed by atoms with E-state index in [-0.39, 0.29) is 16.8 Å². The zero-order valence-electron chi connectivity index (χ0n) is 4.28. The molecule has 57 valence electrons. The van der Waals surface area contributed by atoms with Crippen LogP contribution in [0.5, 0.6) is 0 Å². The summed E-state index contributed by atoms with van der Waals surface area (Å²) in [5, 5.41) is 0. The second kappa shape index (κ2) is 416. The maximum Gasteiger partial charge on any atom is 0 e. The van der Waals surface area contributed by atoms with E-state index >= 15 is 0 Å². The van der Waals surface area contributed by atoms with E-state index in [0.29, 0.717) is 0 Å². The zero-order valence-corrected chi connectivity index (χ0v) is 5.32. The second-order valence-corrected chi connectivity index (χ2v) is 0. The van der Waals surface area contributed by atoms with Gasteiger partial charge in [0.15, 0.2) is 0 Å². The summed E-state index contributed by atoms with van der Waals surface area (Å²) < 4.78 is 0. The smallest absolute Gasteiger partial charge is 0 e. The van der Waals surface area contributed by atoms with Crippen molar-refractivity contribution in [3.05, 3.63) is 0 Å². The summed E-state index contributed by atoms with van der Waals surface area (Å²) in [7, 11) is 0. The summed E-state index contributed by atoms with van der Waals surface area (Å²) in [6.07, 6.45) is 0. The first-order valence-corrected chi connectivity index (χ1v) is 0.943. The van der Waals surface area contributed by atoms with Gasteiger partial charge < -0.3 is 19.2 Å². The van der Waals surface area contributed by atoms with E-state index < -0.39 is 0 Å². The molecule has 0 heterocycles. The predicted octanol–water partition coefficient (Wildman–Crippen LogP) is -1.10. The molecule has 0 unspecified atom stereocenters. The van der Waals surface area contributed by atoms with Gasteiger partial charge in [0.2, 0.25) is 0 Å². The van der Waals surface area contributed by atoms with Crippen LogP contribution in [0.3, 0.4) is 0 Å². The van der Waals surface area contributed by atoms with Gasteiger partial charge >= 0.3 is 0 Å². The maximum atomic E-state index is 7.75. The number of carbonyl (C=O) groups excluding carboxylic acids is 4. The minimum Gasteiger partial charge on any atom is -0.545 e. The van der Waals surface area contributed by atoms with Crippen molar-refractivity contribution in [1.82, 2.24) is 0 Å². The third-order valence-corrected chi connectivity index (χ3v) is 0. The first-order valence-electron chi connectivity index (χ1n) is 0.943. The Morgan fingerprint density at radius 3 is 0.444 bits per heavy atom.